The number of hydrogen-bond donors (Lipinski definition) is 1. The second-order valence-electron chi connectivity index (χ2n) is 11.1. The first-order valence-electron chi connectivity index (χ1n) is 13.6. The number of nitriles is 1. The van der Waals surface area contributed by atoms with E-state index in [0.29, 0.717) is 59.1 Å². The number of likely N-dealkylation sites (tertiary alicyclic amines) is 1. The molecule has 1 aliphatic heterocycles. The zero-order valence-corrected chi connectivity index (χ0v) is 25.1. The maximum atomic E-state index is 13.4. The fraction of sp³-hybridized carbons (Fsp3) is 0.393. The van der Waals surface area contributed by atoms with Gasteiger partial charge in [-0.2, -0.15) is 9.64 Å². The molecule has 1 saturated carbocycles. The van der Waals surface area contributed by atoms with Gasteiger partial charge in [-0.15, -0.1) is 0 Å². The molecular weight excluding hydrogens is 575 g/mol. The Kier molecular flexibility index (Phi) is 7.34. The van der Waals surface area contributed by atoms with Gasteiger partial charge in [-0.25, -0.2) is 27.2 Å². The van der Waals surface area contributed by atoms with Gasteiger partial charge in [0.1, 0.15) is 6.07 Å². The van der Waals surface area contributed by atoms with Crippen molar-refractivity contribution in [3.05, 3.63) is 60.2 Å². The van der Waals surface area contributed by atoms with Gasteiger partial charge in [0.05, 0.1) is 22.7 Å². The largest absolute Gasteiger partial charge is 0.370 e. The Labute approximate surface area is 248 Å². The number of rotatable bonds is 7. The summed E-state index contributed by atoms with van der Waals surface area (Å²) in [5.41, 5.74) is 1.35. The normalized spacial score (nSPS) is 20.2. The van der Waals surface area contributed by atoms with Crippen molar-refractivity contribution in [2.75, 3.05) is 44.4 Å². The van der Waals surface area contributed by atoms with Crippen LogP contribution in [-0.4, -0.2) is 82.8 Å². The smallest absolute Gasteiger partial charge is 0.323 e. The first kappa shape index (κ1) is 28.1. The molecule has 4 aromatic rings. The average molecular weight is 606 g/mol. The van der Waals surface area contributed by atoms with Crippen molar-refractivity contribution in [3.63, 3.8) is 0 Å². The third-order valence-corrected chi connectivity index (χ3v) is 10.5. The molecule has 2 fully saturated rings. The van der Waals surface area contributed by atoms with Crippen molar-refractivity contribution in [2.24, 2.45) is 11.8 Å². The first-order valence-corrected chi connectivity index (χ1v) is 15.8. The molecule has 1 aromatic carbocycles. The fourth-order valence-electron chi connectivity index (χ4n) is 6.17. The van der Waals surface area contributed by atoms with Crippen LogP contribution in [0.4, 0.5) is 15.6 Å². The van der Waals surface area contributed by atoms with Gasteiger partial charge >= 0.3 is 6.03 Å². The molecule has 0 bridgehead atoms. The summed E-state index contributed by atoms with van der Waals surface area (Å²) < 4.78 is 32.2. The van der Waals surface area contributed by atoms with Gasteiger partial charge in [-0.3, -0.25) is 5.32 Å². The van der Waals surface area contributed by atoms with Crippen molar-refractivity contribution in [3.8, 4) is 6.07 Å². The zero-order chi connectivity index (χ0) is 29.6. The molecule has 2 aliphatic rings. The summed E-state index contributed by atoms with van der Waals surface area (Å²) in [5, 5.41) is 13.9. The maximum Gasteiger partial charge on any atom is 0.323 e. The van der Waals surface area contributed by atoms with Crippen LogP contribution in [0.1, 0.15) is 24.2 Å². The number of carbonyl (C=O) groups excluding carboxylic acids is 1. The third kappa shape index (κ3) is 5.08. The minimum atomic E-state index is -3.86. The predicted molar refractivity (Wildman–Crippen MR) is 160 cm³/mol. The molecule has 1 saturated heterocycles. The third-order valence-electron chi connectivity index (χ3n) is 8.13. The van der Waals surface area contributed by atoms with Gasteiger partial charge in [-0.05, 0) is 57.0 Å². The number of nitrogens with one attached hydrogen (secondary N) is 1. The standard InChI is InChI=1S/C28H31N9O3S2/c1-34(2)17-24-31-27(41-33-24)32-28(38)36-15-18-11-21(12-19(18)16-36)35(3)25-20(13-29)14-30-26-23(25)9-10-37(26)42(39,40)22-7-5-4-6-8-22/h4-10,14,18-19,21H,11-12,15-17H2,1-3H3,(H,31,32,33,38)/t18-,19+,21+. The molecule has 1 N–H and O–H groups in total. The van der Waals surface area contributed by atoms with Gasteiger partial charge in [0, 0.05) is 55.5 Å². The van der Waals surface area contributed by atoms with E-state index < -0.39 is 10.0 Å². The Morgan fingerprint density at radius 3 is 2.52 bits per heavy atom. The number of urea groups is 1. The molecule has 3 atom stereocenters. The highest BCUT2D eigenvalue weighted by Crippen LogP contribution is 2.43. The van der Waals surface area contributed by atoms with E-state index in [4.69, 9.17) is 0 Å². The summed E-state index contributed by atoms with van der Waals surface area (Å²) in [6.45, 7) is 1.90. The van der Waals surface area contributed by atoms with Crippen LogP contribution in [-0.2, 0) is 16.6 Å². The van der Waals surface area contributed by atoms with E-state index in [0.717, 1.165) is 12.8 Å². The van der Waals surface area contributed by atoms with E-state index in [1.165, 1.54) is 27.9 Å². The molecule has 12 nitrogen and oxygen atoms in total. The zero-order valence-electron chi connectivity index (χ0n) is 23.5. The lowest BCUT2D eigenvalue weighted by molar-refractivity contribution is 0.218. The molecule has 0 radical (unpaired) electrons. The molecule has 2 amide bonds. The number of aromatic nitrogens is 4. The molecule has 4 heterocycles. The van der Waals surface area contributed by atoms with E-state index in [-0.39, 0.29) is 22.6 Å². The van der Waals surface area contributed by atoms with E-state index in [9.17, 15) is 18.5 Å². The molecule has 14 heteroatoms. The Morgan fingerprint density at radius 1 is 1.14 bits per heavy atom. The lowest BCUT2D eigenvalue weighted by Crippen LogP contribution is -2.36. The average Bonchev–Trinajstić information content (AvgIpc) is 3.75. The topological polar surface area (TPSA) is 140 Å². The summed E-state index contributed by atoms with van der Waals surface area (Å²) in [5.74, 6) is 1.33. The van der Waals surface area contributed by atoms with E-state index in [2.05, 4.69) is 30.6 Å². The summed E-state index contributed by atoms with van der Waals surface area (Å²) in [7, 11) is 1.98. The van der Waals surface area contributed by atoms with Crippen LogP contribution in [0.15, 0.2) is 53.7 Å². The van der Waals surface area contributed by atoms with Gasteiger partial charge in [0.25, 0.3) is 10.0 Å². The quantitative estimate of drug-likeness (QED) is 0.335. The number of pyridine rings is 1. The Bertz CT molecular complexity index is 1760. The van der Waals surface area contributed by atoms with Crippen LogP contribution in [0.25, 0.3) is 11.0 Å². The Hall–Kier alpha value is -4.06. The first-order chi connectivity index (χ1) is 20.2. The maximum absolute atomic E-state index is 13.4. The molecule has 0 spiro atoms. The Balaban J connectivity index is 1.18. The van der Waals surface area contributed by atoms with E-state index >= 15 is 0 Å². The number of benzene rings is 1. The number of hydrogen-bond acceptors (Lipinski definition) is 10. The summed E-state index contributed by atoms with van der Waals surface area (Å²) in [4.78, 5) is 27.8. The van der Waals surface area contributed by atoms with Gasteiger partial charge in [-0.1, -0.05) is 18.2 Å². The number of amides is 2. The van der Waals surface area contributed by atoms with Crippen LogP contribution in [0.5, 0.6) is 0 Å². The van der Waals surface area contributed by atoms with Crippen molar-refractivity contribution in [2.45, 2.75) is 30.3 Å². The van der Waals surface area contributed by atoms with Crippen LogP contribution >= 0.6 is 11.5 Å². The van der Waals surface area contributed by atoms with Crippen molar-refractivity contribution >= 4 is 49.4 Å². The minimum Gasteiger partial charge on any atom is -0.370 e. The SMILES string of the molecule is CN(C)Cc1nsc(NC(=O)N2C[C@H]3C[C@H](N(C)c4c(C#N)cnc5c4ccn5S(=O)(=O)c4ccccc4)C[C@H]3C2)n1. The molecule has 1 aliphatic carbocycles. The Morgan fingerprint density at radius 2 is 1.86 bits per heavy atom. The number of anilines is 2. The lowest BCUT2D eigenvalue weighted by atomic mass is 10.0. The highest BCUT2D eigenvalue weighted by Gasteiger charge is 2.44. The highest BCUT2D eigenvalue weighted by atomic mass is 32.2. The lowest BCUT2D eigenvalue weighted by Gasteiger charge is -2.29. The fourth-order valence-corrected chi connectivity index (χ4v) is 8.06. The van der Waals surface area contributed by atoms with Gasteiger partial charge in [0.15, 0.2) is 11.5 Å². The molecule has 218 valence electrons. The predicted octanol–water partition coefficient (Wildman–Crippen LogP) is 3.44. The summed E-state index contributed by atoms with van der Waals surface area (Å²) in [6, 6.07) is 12.2. The van der Waals surface area contributed by atoms with E-state index in [1.54, 1.807) is 36.4 Å². The highest BCUT2D eigenvalue weighted by molar-refractivity contribution is 7.90. The van der Waals surface area contributed by atoms with Crippen LogP contribution in [0.2, 0.25) is 0 Å². The number of nitrogens with zero attached hydrogens (tertiary/aromatic N) is 8. The number of fused-ring (bicyclic) bond motifs is 2. The minimum absolute atomic E-state index is 0.133. The second-order valence-corrected chi connectivity index (χ2v) is 13.7. The monoisotopic (exact) mass is 605 g/mol. The molecule has 6 rings (SSSR count). The second kappa shape index (κ2) is 11.0. The molecule has 42 heavy (non-hydrogen) atoms. The molecular formula is C28H31N9O3S2. The summed E-state index contributed by atoms with van der Waals surface area (Å²) in [6.07, 6.45) is 4.66. The van der Waals surface area contributed by atoms with Gasteiger partial charge < -0.3 is 14.7 Å². The van der Waals surface area contributed by atoms with Gasteiger partial charge in [0.2, 0.25) is 5.13 Å². The van der Waals surface area contributed by atoms with Crippen LogP contribution in [0, 0.1) is 23.2 Å². The van der Waals surface area contributed by atoms with Crippen LogP contribution in [0.3, 0.4) is 0 Å². The number of carbonyl (C=O) groups is 1. The van der Waals surface area contributed by atoms with Crippen molar-refractivity contribution in [1.29, 1.82) is 5.26 Å². The van der Waals surface area contributed by atoms with Crippen LogP contribution < -0.4 is 10.2 Å². The van der Waals surface area contributed by atoms with E-state index in [1.807, 2.05) is 30.9 Å². The van der Waals surface area contributed by atoms with Crippen molar-refractivity contribution in [1.82, 2.24) is 28.1 Å². The molecule has 0 unspecified atom stereocenters. The molecule has 3 aromatic heterocycles. The summed E-state index contributed by atoms with van der Waals surface area (Å²) >= 11 is 1.18. The van der Waals surface area contributed by atoms with Crippen molar-refractivity contribution < 1.29 is 13.2 Å².